The Kier molecular flexibility index (Phi) is 2.60. The summed E-state index contributed by atoms with van der Waals surface area (Å²) in [7, 11) is 3.32. The van der Waals surface area contributed by atoms with Crippen LogP contribution in [0.4, 0.5) is 14.5 Å². The van der Waals surface area contributed by atoms with Gasteiger partial charge >= 0.3 is 0 Å². The van der Waals surface area contributed by atoms with E-state index in [-0.39, 0.29) is 6.29 Å². The smallest absolute Gasteiger partial charge is 0.155 e. The van der Waals surface area contributed by atoms with Gasteiger partial charge in [0.15, 0.2) is 6.29 Å². The number of carbonyl (C=O) groups is 1. The van der Waals surface area contributed by atoms with E-state index in [1.807, 2.05) is 0 Å². The van der Waals surface area contributed by atoms with Crippen molar-refractivity contribution in [2.24, 2.45) is 0 Å². The first-order chi connectivity index (χ1) is 6.06. The average Bonchev–Trinajstić information content (AvgIpc) is 2.03. The molecule has 1 aromatic carbocycles. The maximum absolute atomic E-state index is 13.0. The third kappa shape index (κ3) is 1.83. The molecule has 0 aliphatic heterocycles. The zero-order chi connectivity index (χ0) is 10.0. The number of carbonyl (C=O) groups excluding carboxylic acids is 1. The van der Waals surface area contributed by atoms with Crippen LogP contribution in [0.15, 0.2) is 12.1 Å². The van der Waals surface area contributed by atoms with Gasteiger partial charge in [0.25, 0.3) is 0 Å². The highest BCUT2D eigenvalue weighted by Crippen LogP contribution is 2.19. The van der Waals surface area contributed by atoms with E-state index in [0.29, 0.717) is 5.69 Å². The average molecular weight is 185 g/mol. The van der Waals surface area contributed by atoms with Crippen LogP contribution in [0.1, 0.15) is 10.4 Å². The summed E-state index contributed by atoms with van der Waals surface area (Å²) in [6.07, 6.45) is 0.171. The molecule has 0 N–H and O–H groups in total. The van der Waals surface area contributed by atoms with Gasteiger partial charge in [0, 0.05) is 19.8 Å². The standard InChI is InChI=1S/C9H9F2NO/c1-12(2)6-3-8(10)7(5-13)9(11)4-6/h3-5H,1-2H3. The van der Waals surface area contributed by atoms with Gasteiger partial charge in [-0.2, -0.15) is 0 Å². The van der Waals surface area contributed by atoms with Crippen molar-refractivity contribution in [3.05, 3.63) is 29.3 Å². The van der Waals surface area contributed by atoms with Crippen molar-refractivity contribution in [2.75, 3.05) is 19.0 Å². The Hall–Kier alpha value is -1.45. The van der Waals surface area contributed by atoms with Gasteiger partial charge in [-0.1, -0.05) is 0 Å². The molecule has 70 valence electrons. The lowest BCUT2D eigenvalue weighted by molar-refractivity contribution is 0.111. The monoisotopic (exact) mass is 185 g/mol. The van der Waals surface area contributed by atoms with Crippen molar-refractivity contribution in [2.45, 2.75) is 0 Å². The Labute approximate surface area is 74.8 Å². The zero-order valence-electron chi connectivity index (χ0n) is 7.34. The van der Waals surface area contributed by atoms with Crippen molar-refractivity contribution < 1.29 is 13.6 Å². The van der Waals surface area contributed by atoms with Crippen molar-refractivity contribution >= 4 is 12.0 Å². The second-order valence-electron chi connectivity index (χ2n) is 2.84. The van der Waals surface area contributed by atoms with E-state index in [2.05, 4.69) is 0 Å². The number of nitrogens with zero attached hydrogens (tertiary/aromatic N) is 1. The third-order valence-corrected chi connectivity index (χ3v) is 1.70. The van der Waals surface area contributed by atoms with Gasteiger partial charge in [-0.25, -0.2) is 8.78 Å². The quantitative estimate of drug-likeness (QED) is 0.655. The summed E-state index contributed by atoms with van der Waals surface area (Å²) in [5.41, 5.74) is -0.133. The van der Waals surface area contributed by atoms with E-state index in [1.165, 1.54) is 0 Å². The van der Waals surface area contributed by atoms with Gasteiger partial charge in [0.1, 0.15) is 11.6 Å². The lowest BCUT2D eigenvalue weighted by Crippen LogP contribution is -2.10. The van der Waals surface area contributed by atoms with Crippen LogP contribution in [0.2, 0.25) is 0 Å². The molecule has 0 spiro atoms. The summed E-state index contributed by atoms with van der Waals surface area (Å²) in [6.45, 7) is 0. The third-order valence-electron chi connectivity index (χ3n) is 1.70. The number of aldehydes is 1. The number of hydrogen-bond acceptors (Lipinski definition) is 2. The van der Waals surface area contributed by atoms with Gasteiger partial charge in [0.05, 0.1) is 5.56 Å². The number of halogens is 2. The van der Waals surface area contributed by atoms with E-state index in [9.17, 15) is 13.6 Å². The van der Waals surface area contributed by atoms with Crippen LogP contribution in [0.25, 0.3) is 0 Å². The minimum atomic E-state index is -0.835. The summed E-state index contributed by atoms with van der Waals surface area (Å²) >= 11 is 0. The number of anilines is 1. The highest BCUT2D eigenvalue weighted by atomic mass is 19.1. The van der Waals surface area contributed by atoms with Crippen molar-refractivity contribution in [1.82, 2.24) is 0 Å². The zero-order valence-corrected chi connectivity index (χ0v) is 7.34. The van der Waals surface area contributed by atoms with E-state index >= 15 is 0 Å². The normalized spacial score (nSPS) is 9.85. The van der Waals surface area contributed by atoms with Crippen molar-refractivity contribution in [3.63, 3.8) is 0 Å². The molecule has 1 rings (SSSR count). The fourth-order valence-electron chi connectivity index (χ4n) is 0.942. The van der Waals surface area contributed by atoms with Crippen molar-refractivity contribution in [1.29, 1.82) is 0 Å². The molecule has 0 atom stereocenters. The second kappa shape index (κ2) is 3.51. The molecule has 4 heteroatoms. The van der Waals surface area contributed by atoms with Crippen LogP contribution in [-0.2, 0) is 0 Å². The van der Waals surface area contributed by atoms with E-state index in [4.69, 9.17) is 0 Å². The van der Waals surface area contributed by atoms with Gasteiger partial charge in [0.2, 0.25) is 0 Å². The van der Waals surface area contributed by atoms with Crippen molar-refractivity contribution in [3.8, 4) is 0 Å². The highest BCUT2D eigenvalue weighted by Gasteiger charge is 2.10. The summed E-state index contributed by atoms with van der Waals surface area (Å²) in [5.74, 6) is -1.67. The van der Waals surface area contributed by atoms with E-state index in [0.717, 1.165) is 12.1 Å². The van der Waals surface area contributed by atoms with Gasteiger partial charge < -0.3 is 4.90 Å². The molecule has 2 nitrogen and oxygen atoms in total. The summed E-state index contributed by atoms with van der Waals surface area (Å²) in [4.78, 5) is 11.8. The Balaban J connectivity index is 3.28. The first-order valence-corrected chi connectivity index (χ1v) is 3.68. The number of benzene rings is 1. The molecule has 0 aliphatic carbocycles. The van der Waals surface area contributed by atoms with E-state index < -0.39 is 17.2 Å². The maximum atomic E-state index is 13.0. The second-order valence-corrected chi connectivity index (χ2v) is 2.84. The molecular weight excluding hydrogens is 176 g/mol. The molecule has 0 amide bonds. The highest BCUT2D eigenvalue weighted by molar-refractivity contribution is 5.76. The number of rotatable bonds is 2. The first-order valence-electron chi connectivity index (χ1n) is 3.68. The Morgan fingerprint density at radius 1 is 1.23 bits per heavy atom. The van der Waals surface area contributed by atoms with Gasteiger partial charge in [-0.15, -0.1) is 0 Å². The molecule has 13 heavy (non-hydrogen) atoms. The van der Waals surface area contributed by atoms with Crippen LogP contribution >= 0.6 is 0 Å². The molecule has 0 saturated heterocycles. The van der Waals surface area contributed by atoms with Crippen LogP contribution in [0.3, 0.4) is 0 Å². The fourth-order valence-corrected chi connectivity index (χ4v) is 0.942. The molecule has 0 radical (unpaired) electrons. The molecule has 0 saturated carbocycles. The molecule has 0 aliphatic rings. The lowest BCUT2D eigenvalue weighted by atomic mass is 10.2. The van der Waals surface area contributed by atoms with Crippen LogP contribution in [-0.4, -0.2) is 20.4 Å². The van der Waals surface area contributed by atoms with Crippen LogP contribution in [0, 0.1) is 11.6 Å². The minimum absolute atomic E-state index is 0.171. The summed E-state index contributed by atoms with van der Waals surface area (Å²) < 4.78 is 25.9. The fraction of sp³-hybridized carbons (Fsp3) is 0.222. The largest absolute Gasteiger partial charge is 0.377 e. The van der Waals surface area contributed by atoms with E-state index in [1.54, 1.807) is 19.0 Å². The lowest BCUT2D eigenvalue weighted by Gasteiger charge is -2.12. The molecule has 0 fully saturated rings. The molecule has 1 aromatic rings. The molecule has 0 bridgehead atoms. The van der Waals surface area contributed by atoms with Crippen LogP contribution in [0.5, 0.6) is 0 Å². The Morgan fingerprint density at radius 2 is 1.69 bits per heavy atom. The van der Waals surface area contributed by atoms with Gasteiger partial charge in [-0.3, -0.25) is 4.79 Å². The molecule has 0 unspecified atom stereocenters. The van der Waals surface area contributed by atoms with Crippen LogP contribution < -0.4 is 4.90 Å². The Bertz CT molecular complexity index is 313. The molecule has 0 aromatic heterocycles. The predicted molar refractivity (Wildman–Crippen MR) is 46.1 cm³/mol. The molecule has 0 heterocycles. The maximum Gasteiger partial charge on any atom is 0.155 e. The number of hydrogen-bond donors (Lipinski definition) is 0. The summed E-state index contributed by atoms with van der Waals surface area (Å²) in [5, 5.41) is 0. The minimum Gasteiger partial charge on any atom is -0.377 e. The summed E-state index contributed by atoms with van der Waals surface area (Å²) in [6, 6.07) is 2.24. The topological polar surface area (TPSA) is 20.3 Å². The SMILES string of the molecule is CN(C)c1cc(F)c(C=O)c(F)c1. The van der Waals surface area contributed by atoms with Gasteiger partial charge in [-0.05, 0) is 12.1 Å². The molecular formula is C9H9F2NO. The predicted octanol–water partition coefficient (Wildman–Crippen LogP) is 1.84. The Morgan fingerprint density at radius 3 is 2.00 bits per heavy atom. The first kappa shape index (κ1) is 9.64.